The van der Waals surface area contributed by atoms with Crippen LogP contribution in [0.2, 0.25) is 0 Å². The highest BCUT2D eigenvalue weighted by atomic mass is 19.1. The van der Waals surface area contributed by atoms with Crippen LogP contribution >= 0.6 is 0 Å². The fraction of sp³-hybridized carbons (Fsp3) is 0.385. The summed E-state index contributed by atoms with van der Waals surface area (Å²) in [6.45, 7) is 1.53. The van der Waals surface area contributed by atoms with Crippen molar-refractivity contribution in [3.05, 3.63) is 29.6 Å². The summed E-state index contributed by atoms with van der Waals surface area (Å²) in [7, 11) is 0. The van der Waals surface area contributed by atoms with E-state index in [9.17, 15) is 14.0 Å². The van der Waals surface area contributed by atoms with Gasteiger partial charge >= 0.3 is 5.97 Å². The van der Waals surface area contributed by atoms with Gasteiger partial charge in [0.2, 0.25) is 0 Å². The van der Waals surface area contributed by atoms with Crippen molar-refractivity contribution < 1.29 is 24.2 Å². The van der Waals surface area contributed by atoms with Gasteiger partial charge in [-0.05, 0) is 12.1 Å². The molecule has 2 N–H and O–H groups in total. The Morgan fingerprint density at radius 1 is 1.20 bits per heavy atom. The Bertz CT molecular complexity index is 527. The minimum absolute atomic E-state index is 0.0599. The number of piperazine rings is 1. The number of halogens is 1. The smallest absolute Gasteiger partial charge is 0.317 e. The first-order valence-electron chi connectivity index (χ1n) is 6.19. The predicted molar refractivity (Wildman–Crippen MR) is 68.0 cm³/mol. The molecule has 1 aliphatic rings. The van der Waals surface area contributed by atoms with E-state index in [0.717, 1.165) is 6.07 Å². The molecule has 1 heterocycles. The second kappa shape index (κ2) is 5.87. The molecule has 20 heavy (non-hydrogen) atoms. The highest BCUT2D eigenvalue weighted by molar-refractivity contribution is 5.94. The molecule has 1 fully saturated rings. The lowest BCUT2D eigenvalue weighted by molar-refractivity contribution is -0.138. The number of nitrogens with zero attached hydrogens (tertiary/aromatic N) is 2. The largest absolute Gasteiger partial charge is 0.508 e. The van der Waals surface area contributed by atoms with Gasteiger partial charge in [-0.2, -0.15) is 0 Å². The summed E-state index contributed by atoms with van der Waals surface area (Å²) in [5.74, 6) is -2.35. The lowest BCUT2D eigenvalue weighted by Gasteiger charge is -2.33. The molecule has 0 spiro atoms. The molecule has 0 radical (unpaired) electrons. The number of aromatic hydroxyl groups is 1. The molecule has 1 amide bonds. The van der Waals surface area contributed by atoms with Crippen molar-refractivity contribution in [2.75, 3.05) is 32.7 Å². The Kier molecular flexibility index (Phi) is 4.19. The molecule has 6 nitrogen and oxygen atoms in total. The summed E-state index contributed by atoms with van der Waals surface area (Å²) in [4.78, 5) is 25.9. The number of rotatable bonds is 3. The van der Waals surface area contributed by atoms with E-state index in [4.69, 9.17) is 10.2 Å². The summed E-state index contributed by atoms with van der Waals surface area (Å²) in [5.41, 5.74) is -0.0884. The maximum Gasteiger partial charge on any atom is 0.317 e. The summed E-state index contributed by atoms with van der Waals surface area (Å²) in [5, 5.41) is 17.8. The minimum Gasteiger partial charge on any atom is -0.508 e. The van der Waals surface area contributed by atoms with E-state index in [1.165, 1.54) is 17.0 Å². The third kappa shape index (κ3) is 3.24. The number of benzene rings is 1. The van der Waals surface area contributed by atoms with Gasteiger partial charge in [0.15, 0.2) is 0 Å². The number of carbonyl (C=O) groups is 2. The zero-order chi connectivity index (χ0) is 14.7. The molecule has 0 unspecified atom stereocenters. The van der Waals surface area contributed by atoms with Crippen LogP contribution in [0.15, 0.2) is 18.2 Å². The highest BCUT2D eigenvalue weighted by Crippen LogP contribution is 2.17. The Hall–Kier alpha value is -2.15. The van der Waals surface area contributed by atoms with Crippen molar-refractivity contribution in [1.82, 2.24) is 9.80 Å². The first kappa shape index (κ1) is 14.3. The molecule has 2 rings (SSSR count). The lowest BCUT2D eigenvalue weighted by Crippen LogP contribution is -2.50. The first-order valence-corrected chi connectivity index (χ1v) is 6.19. The van der Waals surface area contributed by atoms with Gasteiger partial charge in [0.05, 0.1) is 12.1 Å². The second-order valence-electron chi connectivity index (χ2n) is 4.63. The van der Waals surface area contributed by atoms with Gasteiger partial charge in [-0.3, -0.25) is 14.5 Å². The fourth-order valence-corrected chi connectivity index (χ4v) is 2.15. The average Bonchev–Trinajstić information content (AvgIpc) is 2.38. The number of phenols is 1. The van der Waals surface area contributed by atoms with E-state index in [1.807, 2.05) is 0 Å². The van der Waals surface area contributed by atoms with Crippen LogP contribution in [0, 0.1) is 5.82 Å². The summed E-state index contributed by atoms with van der Waals surface area (Å²) in [6, 6.07) is 3.40. The van der Waals surface area contributed by atoms with Crippen molar-refractivity contribution >= 4 is 11.9 Å². The molecule has 7 heteroatoms. The molecule has 1 saturated heterocycles. The molecule has 1 aromatic rings. The van der Waals surface area contributed by atoms with E-state index in [1.54, 1.807) is 4.90 Å². The third-order valence-corrected chi connectivity index (χ3v) is 3.20. The molecule has 0 atom stereocenters. The summed E-state index contributed by atoms with van der Waals surface area (Å²) in [6.07, 6.45) is 0. The molecular weight excluding hydrogens is 267 g/mol. The van der Waals surface area contributed by atoms with Crippen LogP contribution in [-0.2, 0) is 4.79 Å². The number of carbonyl (C=O) groups excluding carboxylic acids is 1. The van der Waals surface area contributed by atoms with Gasteiger partial charge in [-0.1, -0.05) is 0 Å². The van der Waals surface area contributed by atoms with Gasteiger partial charge in [0.1, 0.15) is 11.6 Å². The quantitative estimate of drug-likeness (QED) is 0.837. The molecule has 0 aromatic heterocycles. The highest BCUT2D eigenvalue weighted by Gasteiger charge is 2.24. The normalized spacial score (nSPS) is 16.1. The lowest BCUT2D eigenvalue weighted by atomic mass is 10.1. The molecule has 0 saturated carbocycles. The molecule has 1 aromatic carbocycles. The Morgan fingerprint density at radius 3 is 2.40 bits per heavy atom. The maximum absolute atomic E-state index is 13.6. The Labute approximate surface area is 115 Å². The van der Waals surface area contributed by atoms with Crippen molar-refractivity contribution in [2.24, 2.45) is 0 Å². The van der Waals surface area contributed by atoms with Gasteiger partial charge in [0.25, 0.3) is 5.91 Å². The van der Waals surface area contributed by atoms with Crippen LogP contribution < -0.4 is 0 Å². The Balaban J connectivity index is 1.99. The zero-order valence-corrected chi connectivity index (χ0v) is 10.8. The third-order valence-electron chi connectivity index (χ3n) is 3.20. The van der Waals surface area contributed by atoms with E-state index in [-0.39, 0.29) is 17.9 Å². The van der Waals surface area contributed by atoms with Crippen molar-refractivity contribution in [3.63, 3.8) is 0 Å². The van der Waals surface area contributed by atoms with Crippen LogP contribution in [0.1, 0.15) is 10.4 Å². The van der Waals surface area contributed by atoms with Crippen molar-refractivity contribution in [1.29, 1.82) is 0 Å². The van der Waals surface area contributed by atoms with Crippen LogP contribution in [-0.4, -0.2) is 64.6 Å². The predicted octanol–water partition coefficient (Wildman–Crippen LogP) is 0.374. The number of carboxylic acid groups (broad SMARTS) is 1. The minimum atomic E-state index is -0.908. The van der Waals surface area contributed by atoms with Crippen LogP contribution in [0.4, 0.5) is 4.39 Å². The number of phenolic OH excluding ortho intramolecular Hbond substituents is 1. The number of hydrogen-bond donors (Lipinski definition) is 2. The second-order valence-corrected chi connectivity index (χ2v) is 4.63. The number of aliphatic carboxylic acids is 1. The monoisotopic (exact) mass is 282 g/mol. The molecule has 1 aliphatic heterocycles. The van der Waals surface area contributed by atoms with Crippen molar-refractivity contribution in [2.45, 2.75) is 0 Å². The van der Waals surface area contributed by atoms with Crippen LogP contribution in [0.3, 0.4) is 0 Å². The summed E-state index contributed by atoms with van der Waals surface area (Å²) >= 11 is 0. The number of amides is 1. The molecular formula is C13H15FN2O4. The van der Waals surface area contributed by atoms with Gasteiger partial charge < -0.3 is 15.1 Å². The van der Waals surface area contributed by atoms with Gasteiger partial charge in [0, 0.05) is 32.2 Å². The maximum atomic E-state index is 13.6. The zero-order valence-electron chi connectivity index (χ0n) is 10.8. The first-order chi connectivity index (χ1) is 9.47. The molecule has 108 valence electrons. The molecule has 0 bridgehead atoms. The van der Waals surface area contributed by atoms with E-state index < -0.39 is 17.7 Å². The van der Waals surface area contributed by atoms with E-state index >= 15 is 0 Å². The number of hydrogen-bond acceptors (Lipinski definition) is 4. The fourth-order valence-electron chi connectivity index (χ4n) is 2.15. The summed E-state index contributed by atoms with van der Waals surface area (Å²) < 4.78 is 13.6. The van der Waals surface area contributed by atoms with Crippen molar-refractivity contribution in [3.8, 4) is 5.75 Å². The number of carboxylic acids is 1. The van der Waals surface area contributed by atoms with Gasteiger partial charge in [-0.15, -0.1) is 0 Å². The van der Waals surface area contributed by atoms with Gasteiger partial charge in [-0.25, -0.2) is 4.39 Å². The van der Waals surface area contributed by atoms with E-state index in [2.05, 4.69) is 0 Å². The van der Waals surface area contributed by atoms with E-state index in [0.29, 0.717) is 26.2 Å². The van der Waals surface area contributed by atoms with Crippen LogP contribution in [0.5, 0.6) is 5.75 Å². The average molecular weight is 282 g/mol. The SMILES string of the molecule is O=C(O)CN1CCN(C(=O)c2ccc(O)cc2F)CC1. The standard InChI is InChI=1S/C13H15FN2O4/c14-11-7-9(17)1-2-10(11)13(20)16-5-3-15(4-6-16)8-12(18)19/h1-2,7,17H,3-6,8H2,(H,18,19). The Morgan fingerprint density at radius 2 is 1.85 bits per heavy atom. The topological polar surface area (TPSA) is 81.1 Å². The molecule has 0 aliphatic carbocycles. The van der Waals surface area contributed by atoms with Crippen LogP contribution in [0.25, 0.3) is 0 Å².